The lowest BCUT2D eigenvalue weighted by molar-refractivity contribution is -0.183. The molecule has 0 radical (unpaired) electrons. The average molecular weight is 252 g/mol. The molecule has 1 aliphatic rings. The molecule has 0 saturated carbocycles. The van der Waals surface area contributed by atoms with E-state index in [0.29, 0.717) is 25.5 Å². The fraction of sp³-hybridized carbons (Fsp3) is 0.900. The van der Waals surface area contributed by atoms with Gasteiger partial charge in [0.1, 0.15) is 0 Å². The zero-order valence-electron chi connectivity index (χ0n) is 9.93. The van der Waals surface area contributed by atoms with Gasteiger partial charge in [-0.2, -0.15) is 13.2 Å². The van der Waals surface area contributed by atoms with Crippen LogP contribution in [0, 0.1) is 5.92 Å². The SMILES string of the molecule is CCCN=C(NN)N1CCCC(C(F)(F)F)C1. The van der Waals surface area contributed by atoms with Crippen molar-refractivity contribution in [2.24, 2.45) is 16.8 Å². The highest BCUT2D eigenvalue weighted by atomic mass is 19.4. The van der Waals surface area contributed by atoms with E-state index in [0.717, 1.165) is 6.42 Å². The molecule has 0 aromatic heterocycles. The molecule has 0 spiro atoms. The monoisotopic (exact) mass is 252 g/mol. The summed E-state index contributed by atoms with van der Waals surface area (Å²) < 4.78 is 37.8. The number of nitrogens with zero attached hydrogens (tertiary/aromatic N) is 2. The van der Waals surface area contributed by atoms with Crippen LogP contribution in [0.1, 0.15) is 26.2 Å². The van der Waals surface area contributed by atoms with Crippen molar-refractivity contribution in [3.8, 4) is 0 Å². The van der Waals surface area contributed by atoms with Crippen molar-refractivity contribution in [1.29, 1.82) is 0 Å². The van der Waals surface area contributed by atoms with Gasteiger partial charge < -0.3 is 4.90 Å². The van der Waals surface area contributed by atoms with E-state index in [1.165, 1.54) is 0 Å². The lowest BCUT2D eigenvalue weighted by Crippen LogP contribution is -2.51. The summed E-state index contributed by atoms with van der Waals surface area (Å²) in [5, 5.41) is 0. The molecule has 1 atom stereocenters. The smallest absolute Gasteiger partial charge is 0.341 e. The van der Waals surface area contributed by atoms with E-state index in [9.17, 15) is 13.2 Å². The first kappa shape index (κ1) is 14.1. The molecule has 1 heterocycles. The number of rotatable bonds is 2. The minimum absolute atomic E-state index is 0.0593. The Bertz CT molecular complexity index is 265. The van der Waals surface area contributed by atoms with Crippen LogP contribution in [0.15, 0.2) is 4.99 Å². The molecule has 7 heteroatoms. The standard InChI is InChI=1S/C10H19F3N4/c1-2-5-15-9(16-14)17-6-3-4-8(7-17)10(11,12)13/h8H,2-7,14H2,1H3,(H,15,16). The number of halogens is 3. The van der Waals surface area contributed by atoms with Crippen molar-refractivity contribution >= 4 is 5.96 Å². The summed E-state index contributed by atoms with van der Waals surface area (Å²) in [6.07, 6.45) is -2.60. The van der Waals surface area contributed by atoms with Crippen molar-refractivity contribution in [1.82, 2.24) is 10.3 Å². The first-order valence-electron chi connectivity index (χ1n) is 5.81. The largest absolute Gasteiger partial charge is 0.393 e. The fourth-order valence-corrected chi connectivity index (χ4v) is 1.89. The third-order valence-corrected chi connectivity index (χ3v) is 2.80. The molecule has 0 amide bonds. The van der Waals surface area contributed by atoms with Gasteiger partial charge >= 0.3 is 6.18 Å². The second-order valence-electron chi connectivity index (χ2n) is 4.18. The van der Waals surface area contributed by atoms with Crippen LogP contribution in [-0.4, -0.2) is 36.7 Å². The van der Waals surface area contributed by atoms with Gasteiger partial charge in [0.25, 0.3) is 0 Å². The molecule has 0 aromatic carbocycles. The number of likely N-dealkylation sites (tertiary alicyclic amines) is 1. The van der Waals surface area contributed by atoms with Crippen LogP contribution in [-0.2, 0) is 0 Å². The van der Waals surface area contributed by atoms with Crippen LogP contribution in [0.4, 0.5) is 13.2 Å². The van der Waals surface area contributed by atoms with Crippen molar-refractivity contribution in [3.05, 3.63) is 0 Å². The number of nitrogens with one attached hydrogen (secondary N) is 1. The van der Waals surface area contributed by atoms with Crippen molar-refractivity contribution in [3.63, 3.8) is 0 Å². The predicted molar refractivity (Wildman–Crippen MR) is 60.3 cm³/mol. The molecule has 0 aliphatic carbocycles. The number of hydrogen-bond acceptors (Lipinski definition) is 2. The van der Waals surface area contributed by atoms with Gasteiger partial charge in [-0.25, -0.2) is 5.84 Å². The number of hydrogen-bond donors (Lipinski definition) is 2. The third-order valence-electron chi connectivity index (χ3n) is 2.80. The molecular formula is C10H19F3N4. The Balaban J connectivity index is 2.64. The molecule has 1 rings (SSSR count). The summed E-state index contributed by atoms with van der Waals surface area (Å²) in [4.78, 5) is 5.72. The topological polar surface area (TPSA) is 53.6 Å². The fourth-order valence-electron chi connectivity index (χ4n) is 1.89. The number of hydrazine groups is 1. The molecule has 1 aliphatic heterocycles. The summed E-state index contributed by atoms with van der Waals surface area (Å²) in [5.41, 5.74) is 2.39. The quantitative estimate of drug-likeness (QED) is 0.339. The van der Waals surface area contributed by atoms with Crippen LogP contribution in [0.25, 0.3) is 0 Å². The van der Waals surface area contributed by atoms with Gasteiger partial charge in [-0.05, 0) is 19.3 Å². The Morgan fingerprint density at radius 2 is 2.24 bits per heavy atom. The number of guanidine groups is 1. The maximum absolute atomic E-state index is 12.6. The van der Waals surface area contributed by atoms with Crippen LogP contribution in [0.2, 0.25) is 0 Å². The first-order valence-corrected chi connectivity index (χ1v) is 5.81. The van der Waals surface area contributed by atoms with Gasteiger partial charge in [-0.1, -0.05) is 6.92 Å². The molecule has 1 unspecified atom stereocenters. The lowest BCUT2D eigenvalue weighted by Gasteiger charge is -2.35. The summed E-state index contributed by atoms with van der Waals surface area (Å²) in [6.45, 7) is 3.02. The van der Waals surface area contributed by atoms with Crippen molar-refractivity contribution in [2.45, 2.75) is 32.4 Å². The minimum atomic E-state index is -4.14. The molecule has 17 heavy (non-hydrogen) atoms. The van der Waals surface area contributed by atoms with E-state index in [4.69, 9.17) is 5.84 Å². The highest BCUT2D eigenvalue weighted by Gasteiger charge is 2.42. The molecule has 0 aromatic rings. The Kier molecular flexibility index (Phi) is 5.04. The normalized spacial score (nSPS) is 22.8. The molecule has 1 saturated heterocycles. The Labute approximate surface area is 99.0 Å². The molecule has 1 fully saturated rings. The van der Waals surface area contributed by atoms with E-state index in [2.05, 4.69) is 10.4 Å². The minimum Gasteiger partial charge on any atom is -0.341 e. The van der Waals surface area contributed by atoms with Crippen LogP contribution in [0.5, 0.6) is 0 Å². The summed E-state index contributed by atoms with van der Waals surface area (Å²) in [7, 11) is 0. The first-order chi connectivity index (χ1) is 7.99. The number of aliphatic imine (C=N–C) groups is 1. The second kappa shape index (κ2) is 6.09. The van der Waals surface area contributed by atoms with Gasteiger partial charge in [0.15, 0.2) is 0 Å². The Morgan fingerprint density at radius 3 is 2.76 bits per heavy atom. The predicted octanol–water partition coefficient (Wildman–Crippen LogP) is 1.49. The Morgan fingerprint density at radius 1 is 1.53 bits per heavy atom. The lowest BCUT2D eigenvalue weighted by atomic mass is 9.98. The number of nitrogens with two attached hydrogens (primary N) is 1. The maximum Gasteiger partial charge on any atom is 0.393 e. The summed E-state index contributed by atoms with van der Waals surface area (Å²) in [5.74, 6) is 4.38. The van der Waals surface area contributed by atoms with Crippen molar-refractivity contribution in [2.75, 3.05) is 19.6 Å². The molecule has 4 nitrogen and oxygen atoms in total. The van der Waals surface area contributed by atoms with Gasteiger partial charge in [0.2, 0.25) is 5.96 Å². The van der Waals surface area contributed by atoms with Gasteiger partial charge in [0.05, 0.1) is 5.92 Å². The highest BCUT2D eigenvalue weighted by molar-refractivity contribution is 5.79. The van der Waals surface area contributed by atoms with Gasteiger partial charge in [-0.15, -0.1) is 0 Å². The van der Waals surface area contributed by atoms with Crippen LogP contribution < -0.4 is 11.3 Å². The van der Waals surface area contributed by atoms with E-state index in [-0.39, 0.29) is 13.0 Å². The molecular weight excluding hydrogens is 233 g/mol. The number of alkyl halides is 3. The van der Waals surface area contributed by atoms with Gasteiger partial charge in [-0.3, -0.25) is 10.4 Å². The maximum atomic E-state index is 12.6. The molecule has 3 N–H and O–H groups in total. The van der Waals surface area contributed by atoms with E-state index in [1.807, 2.05) is 6.92 Å². The third kappa shape index (κ3) is 4.07. The van der Waals surface area contributed by atoms with E-state index >= 15 is 0 Å². The molecule has 0 bridgehead atoms. The molecule has 100 valence electrons. The number of piperidine rings is 1. The summed E-state index contributed by atoms with van der Waals surface area (Å²) in [6, 6.07) is 0. The second-order valence-corrected chi connectivity index (χ2v) is 4.18. The van der Waals surface area contributed by atoms with Crippen molar-refractivity contribution < 1.29 is 13.2 Å². The zero-order valence-corrected chi connectivity index (χ0v) is 9.93. The van der Waals surface area contributed by atoms with E-state index < -0.39 is 12.1 Å². The van der Waals surface area contributed by atoms with Crippen LogP contribution in [0.3, 0.4) is 0 Å². The Hall–Kier alpha value is -0.980. The van der Waals surface area contributed by atoms with Crippen LogP contribution >= 0.6 is 0 Å². The average Bonchev–Trinajstić information content (AvgIpc) is 2.29. The summed E-state index contributed by atoms with van der Waals surface area (Å²) >= 11 is 0. The van der Waals surface area contributed by atoms with Gasteiger partial charge in [0, 0.05) is 19.6 Å². The highest BCUT2D eigenvalue weighted by Crippen LogP contribution is 2.32. The van der Waals surface area contributed by atoms with E-state index in [1.54, 1.807) is 4.90 Å². The zero-order chi connectivity index (χ0) is 12.9.